The minimum atomic E-state index is 0.123. The monoisotopic (exact) mass is 216 g/mol. The summed E-state index contributed by atoms with van der Waals surface area (Å²) >= 11 is 1.61. The lowest BCUT2D eigenvalue weighted by molar-refractivity contribution is 0.103. The minimum absolute atomic E-state index is 0.123. The summed E-state index contributed by atoms with van der Waals surface area (Å²) in [5.74, 6) is 0.123. The molecule has 1 aromatic carbocycles. The molecule has 2 heteroatoms. The van der Waals surface area contributed by atoms with Crippen LogP contribution in [0.4, 0.5) is 0 Å². The van der Waals surface area contributed by atoms with Gasteiger partial charge in [0.2, 0.25) is 0 Å². The van der Waals surface area contributed by atoms with Crippen molar-refractivity contribution in [3.05, 3.63) is 57.3 Å². The molecule has 0 bridgehead atoms. The zero-order valence-electron chi connectivity index (χ0n) is 8.78. The van der Waals surface area contributed by atoms with Crippen LogP contribution >= 0.6 is 11.3 Å². The van der Waals surface area contributed by atoms with Gasteiger partial charge in [-0.3, -0.25) is 4.79 Å². The van der Waals surface area contributed by atoms with Gasteiger partial charge < -0.3 is 0 Å². The first-order valence-corrected chi connectivity index (χ1v) is 5.72. The van der Waals surface area contributed by atoms with E-state index in [1.807, 2.05) is 49.6 Å². The Kier molecular flexibility index (Phi) is 2.69. The Balaban J connectivity index is 2.41. The number of rotatable bonds is 2. The third-order valence-corrected chi connectivity index (χ3v) is 3.24. The lowest BCUT2D eigenvalue weighted by Gasteiger charge is -2.01. The van der Waals surface area contributed by atoms with Crippen molar-refractivity contribution in [2.24, 2.45) is 0 Å². The number of hydrogen-bond donors (Lipinski definition) is 0. The largest absolute Gasteiger partial charge is 0.289 e. The van der Waals surface area contributed by atoms with Crippen molar-refractivity contribution in [1.29, 1.82) is 0 Å². The summed E-state index contributed by atoms with van der Waals surface area (Å²) in [6, 6.07) is 9.64. The van der Waals surface area contributed by atoms with Gasteiger partial charge in [0.25, 0.3) is 0 Å². The number of thiophene rings is 1. The summed E-state index contributed by atoms with van der Waals surface area (Å²) in [5.41, 5.74) is 2.63. The average molecular weight is 216 g/mol. The zero-order chi connectivity index (χ0) is 10.8. The highest BCUT2D eigenvalue weighted by Gasteiger charge is 2.11. The van der Waals surface area contributed by atoms with Gasteiger partial charge in [0.15, 0.2) is 5.78 Å². The predicted octanol–water partition coefficient (Wildman–Crippen LogP) is 3.60. The first kappa shape index (κ1) is 10.1. The van der Waals surface area contributed by atoms with Gasteiger partial charge in [0.05, 0.1) is 0 Å². The van der Waals surface area contributed by atoms with Crippen LogP contribution in [0.2, 0.25) is 0 Å². The molecule has 0 N–H and O–H groups in total. The molecule has 2 rings (SSSR count). The van der Waals surface area contributed by atoms with Gasteiger partial charge in [-0.1, -0.05) is 24.3 Å². The Morgan fingerprint density at radius 2 is 1.93 bits per heavy atom. The highest BCUT2D eigenvalue weighted by molar-refractivity contribution is 7.10. The van der Waals surface area contributed by atoms with Gasteiger partial charge >= 0.3 is 0 Å². The van der Waals surface area contributed by atoms with Crippen molar-refractivity contribution in [3.63, 3.8) is 0 Å². The summed E-state index contributed by atoms with van der Waals surface area (Å²) in [6.07, 6.45) is 0. The maximum absolute atomic E-state index is 12.1. The van der Waals surface area contributed by atoms with Crippen LogP contribution in [-0.2, 0) is 0 Å². The number of carbonyl (C=O) groups excluding carboxylic acids is 1. The smallest absolute Gasteiger partial charge is 0.194 e. The molecule has 0 fully saturated rings. The van der Waals surface area contributed by atoms with Crippen LogP contribution in [0, 0.1) is 13.8 Å². The summed E-state index contributed by atoms with van der Waals surface area (Å²) in [4.78, 5) is 13.3. The van der Waals surface area contributed by atoms with E-state index >= 15 is 0 Å². The van der Waals surface area contributed by atoms with Crippen LogP contribution < -0.4 is 0 Å². The van der Waals surface area contributed by atoms with Gasteiger partial charge in [-0.25, -0.2) is 0 Å². The van der Waals surface area contributed by atoms with Gasteiger partial charge in [-0.05, 0) is 25.5 Å². The van der Waals surface area contributed by atoms with Crippen molar-refractivity contribution in [2.45, 2.75) is 13.8 Å². The zero-order valence-corrected chi connectivity index (χ0v) is 9.60. The van der Waals surface area contributed by atoms with Crippen LogP contribution in [0.5, 0.6) is 0 Å². The summed E-state index contributed by atoms with van der Waals surface area (Å²) in [7, 11) is 0. The van der Waals surface area contributed by atoms with Gasteiger partial charge in [0, 0.05) is 21.4 Å². The molecule has 0 unspecified atom stereocenters. The molecule has 0 amide bonds. The number of carbonyl (C=O) groups is 1. The maximum atomic E-state index is 12.1. The van der Waals surface area contributed by atoms with E-state index in [0.29, 0.717) is 0 Å². The maximum Gasteiger partial charge on any atom is 0.194 e. The Bertz CT molecular complexity index is 497. The van der Waals surface area contributed by atoms with Crippen molar-refractivity contribution < 1.29 is 4.79 Å². The van der Waals surface area contributed by atoms with E-state index in [1.165, 1.54) is 4.88 Å². The second-order valence-electron chi connectivity index (χ2n) is 3.59. The summed E-state index contributed by atoms with van der Waals surface area (Å²) in [5, 5.41) is 1.92. The van der Waals surface area contributed by atoms with E-state index in [1.54, 1.807) is 11.3 Å². The van der Waals surface area contributed by atoms with E-state index in [0.717, 1.165) is 16.7 Å². The molecule has 0 aliphatic heterocycles. The normalized spacial score (nSPS) is 10.3. The molecular formula is C13H12OS. The summed E-state index contributed by atoms with van der Waals surface area (Å²) in [6.45, 7) is 3.98. The second-order valence-corrected chi connectivity index (χ2v) is 4.71. The van der Waals surface area contributed by atoms with Crippen LogP contribution in [-0.4, -0.2) is 5.78 Å². The highest BCUT2D eigenvalue weighted by Crippen LogP contribution is 2.18. The van der Waals surface area contributed by atoms with Crippen molar-refractivity contribution in [2.75, 3.05) is 0 Å². The molecule has 0 atom stereocenters. The van der Waals surface area contributed by atoms with E-state index in [9.17, 15) is 4.79 Å². The molecule has 76 valence electrons. The lowest BCUT2D eigenvalue weighted by Crippen LogP contribution is -2.01. The van der Waals surface area contributed by atoms with Gasteiger partial charge in [-0.2, -0.15) is 0 Å². The average Bonchev–Trinajstić information content (AvgIpc) is 2.65. The Morgan fingerprint density at radius 3 is 2.53 bits per heavy atom. The number of benzene rings is 1. The second kappa shape index (κ2) is 3.99. The molecule has 0 radical (unpaired) electrons. The molecule has 2 aromatic rings. The molecule has 0 aliphatic rings. The van der Waals surface area contributed by atoms with Crippen LogP contribution in [0.3, 0.4) is 0 Å². The van der Waals surface area contributed by atoms with Crippen molar-refractivity contribution in [1.82, 2.24) is 0 Å². The van der Waals surface area contributed by atoms with Crippen LogP contribution in [0.15, 0.2) is 35.7 Å². The molecule has 0 aliphatic carbocycles. The van der Waals surface area contributed by atoms with Crippen molar-refractivity contribution in [3.8, 4) is 0 Å². The van der Waals surface area contributed by atoms with Gasteiger partial charge in [0.1, 0.15) is 0 Å². The molecular weight excluding hydrogens is 204 g/mol. The molecule has 0 saturated heterocycles. The SMILES string of the molecule is Cc1cc(C(=O)c2ccccc2C)cs1. The highest BCUT2D eigenvalue weighted by atomic mass is 32.1. The van der Waals surface area contributed by atoms with Crippen molar-refractivity contribution >= 4 is 17.1 Å². The van der Waals surface area contributed by atoms with Gasteiger partial charge in [-0.15, -0.1) is 11.3 Å². The topological polar surface area (TPSA) is 17.1 Å². The Labute approximate surface area is 93.4 Å². The van der Waals surface area contributed by atoms with Crippen LogP contribution in [0.25, 0.3) is 0 Å². The Morgan fingerprint density at radius 1 is 1.20 bits per heavy atom. The molecule has 0 spiro atoms. The van der Waals surface area contributed by atoms with E-state index in [4.69, 9.17) is 0 Å². The summed E-state index contributed by atoms with van der Waals surface area (Å²) < 4.78 is 0. The Hall–Kier alpha value is -1.41. The van der Waals surface area contributed by atoms with Crippen LogP contribution in [0.1, 0.15) is 26.4 Å². The fourth-order valence-electron chi connectivity index (χ4n) is 1.55. The first-order chi connectivity index (χ1) is 7.18. The number of hydrogen-bond acceptors (Lipinski definition) is 2. The third kappa shape index (κ3) is 2.00. The van der Waals surface area contributed by atoms with E-state index in [-0.39, 0.29) is 5.78 Å². The fraction of sp³-hybridized carbons (Fsp3) is 0.154. The molecule has 1 aromatic heterocycles. The molecule has 0 saturated carbocycles. The van der Waals surface area contributed by atoms with E-state index in [2.05, 4.69) is 0 Å². The number of ketones is 1. The number of aryl methyl sites for hydroxylation is 2. The first-order valence-electron chi connectivity index (χ1n) is 4.84. The molecule has 15 heavy (non-hydrogen) atoms. The minimum Gasteiger partial charge on any atom is -0.289 e. The standard InChI is InChI=1S/C13H12OS/c1-9-5-3-4-6-12(9)13(14)11-7-10(2)15-8-11/h3-8H,1-2H3. The molecule has 1 nitrogen and oxygen atoms in total. The molecule has 1 heterocycles. The predicted molar refractivity (Wildman–Crippen MR) is 63.7 cm³/mol. The lowest BCUT2D eigenvalue weighted by atomic mass is 10.0. The van der Waals surface area contributed by atoms with E-state index < -0.39 is 0 Å². The quantitative estimate of drug-likeness (QED) is 0.701. The third-order valence-electron chi connectivity index (χ3n) is 2.38. The fourth-order valence-corrected chi connectivity index (χ4v) is 2.23.